The van der Waals surface area contributed by atoms with Crippen LogP contribution in [0.5, 0.6) is 0 Å². The van der Waals surface area contributed by atoms with Crippen LogP contribution in [0, 0.1) is 19.3 Å². The molecule has 0 bridgehead atoms. The van der Waals surface area contributed by atoms with E-state index < -0.39 is 16.1 Å². The predicted octanol–water partition coefficient (Wildman–Crippen LogP) is 1.99. The minimum absolute atomic E-state index is 0.0131. The van der Waals surface area contributed by atoms with Crippen molar-refractivity contribution in [1.29, 1.82) is 0 Å². The van der Waals surface area contributed by atoms with Crippen LogP contribution in [0.3, 0.4) is 0 Å². The van der Waals surface area contributed by atoms with Crippen LogP contribution < -0.4 is 4.72 Å². The number of hydrogen-bond acceptors (Lipinski definition) is 3. The van der Waals surface area contributed by atoms with Crippen LogP contribution in [0.2, 0.25) is 0 Å². The molecule has 0 amide bonds. The molecular formula is C14H23NO3S. The highest BCUT2D eigenvalue weighted by atomic mass is 32.2. The van der Waals surface area contributed by atoms with Crippen molar-refractivity contribution in [3.05, 3.63) is 29.3 Å². The van der Waals surface area contributed by atoms with Crippen molar-refractivity contribution in [2.24, 2.45) is 5.41 Å². The van der Waals surface area contributed by atoms with E-state index in [1.807, 2.05) is 33.8 Å². The van der Waals surface area contributed by atoms with Gasteiger partial charge in [0.05, 0.1) is 11.0 Å². The Balaban J connectivity index is 2.91. The van der Waals surface area contributed by atoms with Crippen LogP contribution in [-0.2, 0) is 10.0 Å². The standard InChI is InChI=1S/C14H23NO3S/c1-10-6-7-11(2)12(8-10)19(17,18)15-9-13(16)14(3,4)5/h6-8,13,15-16H,9H2,1-5H3. The van der Waals surface area contributed by atoms with Crippen molar-refractivity contribution in [3.8, 4) is 0 Å². The summed E-state index contributed by atoms with van der Waals surface area (Å²) >= 11 is 0. The molecule has 1 aromatic rings. The van der Waals surface area contributed by atoms with E-state index >= 15 is 0 Å². The lowest BCUT2D eigenvalue weighted by Gasteiger charge is -2.26. The number of benzene rings is 1. The fraction of sp³-hybridized carbons (Fsp3) is 0.571. The highest BCUT2D eigenvalue weighted by Crippen LogP contribution is 2.20. The van der Waals surface area contributed by atoms with Gasteiger partial charge in [-0.25, -0.2) is 13.1 Å². The maximum absolute atomic E-state index is 12.2. The van der Waals surface area contributed by atoms with Gasteiger partial charge in [-0.2, -0.15) is 0 Å². The van der Waals surface area contributed by atoms with Gasteiger partial charge >= 0.3 is 0 Å². The first kappa shape index (κ1) is 16.1. The summed E-state index contributed by atoms with van der Waals surface area (Å²) in [4.78, 5) is 0.272. The van der Waals surface area contributed by atoms with Crippen molar-refractivity contribution in [2.75, 3.05) is 6.54 Å². The molecule has 0 radical (unpaired) electrons. The first-order valence-electron chi connectivity index (χ1n) is 6.29. The fourth-order valence-electron chi connectivity index (χ4n) is 1.57. The van der Waals surface area contributed by atoms with Crippen LogP contribution in [-0.4, -0.2) is 26.2 Å². The third-order valence-corrected chi connectivity index (χ3v) is 4.67. The van der Waals surface area contributed by atoms with E-state index in [1.165, 1.54) is 0 Å². The van der Waals surface area contributed by atoms with E-state index in [0.717, 1.165) is 5.56 Å². The molecule has 0 aliphatic rings. The van der Waals surface area contributed by atoms with Gasteiger partial charge in [-0.15, -0.1) is 0 Å². The summed E-state index contributed by atoms with van der Waals surface area (Å²) in [6.07, 6.45) is -0.729. The summed E-state index contributed by atoms with van der Waals surface area (Å²) in [5, 5.41) is 9.89. The Hall–Kier alpha value is -0.910. The molecule has 1 unspecified atom stereocenters. The molecule has 108 valence electrons. The Morgan fingerprint density at radius 3 is 2.37 bits per heavy atom. The Kier molecular flexibility index (Phi) is 4.76. The van der Waals surface area contributed by atoms with Crippen molar-refractivity contribution in [2.45, 2.75) is 45.6 Å². The van der Waals surface area contributed by atoms with Gasteiger partial charge in [0, 0.05) is 6.54 Å². The van der Waals surface area contributed by atoms with Gasteiger partial charge in [0.15, 0.2) is 0 Å². The summed E-state index contributed by atoms with van der Waals surface area (Å²) in [7, 11) is -3.58. The molecule has 0 saturated carbocycles. The monoisotopic (exact) mass is 285 g/mol. The molecule has 5 heteroatoms. The number of aliphatic hydroxyl groups is 1. The second-order valence-corrected chi connectivity index (χ2v) is 7.74. The second-order valence-electron chi connectivity index (χ2n) is 6.00. The molecule has 4 nitrogen and oxygen atoms in total. The first-order valence-corrected chi connectivity index (χ1v) is 7.77. The minimum Gasteiger partial charge on any atom is -0.391 e. The SMILES string of the molecule is Cc1ccc(C)c(S(=O)(=O)NCC(O)C(C)(C)C)c1. The zero-order chi connectivity index (χ0) is 14.8. The molecule has 2 N–H and O–H groups in total. The van der Waals surface area contributed by atoms with Crippen molar-refractivity contribution >= 4 is 10.0 Å². The van der Waals surface area contributed by atoms with Gasteiger partial charge in [0.1, 0.15) is 0 Å². The van der Waals surface area contributed by atoms with Crippen molar-refractivity contribution in [1.82, 2.24) is 4.72 Å². The molecule has 0 spiro atoms. The molecule has 0 aliphatic carbocycles. The summed E-state index contributed by atoms with van der Waals surface area (Å²) in [5.41, 5.74) is 1.23. The summed E-state index contributed by atoms with van der Waals surface area (Å²) in [6.45, 7) is 9.22. The van der Waals surface area contributed by atoms with Crippen LogP contribution in [0.25, 0.3) is 0 Å². The maximum atomic E-state index is 12.2. The quantitative estimate of drug-likeness (QED) is 0.889. The van der Waals surface area contributed by atoms with Crippen LogP contribution in [0.15, 0.2) is 23.1 Å². The van der Waals surface area contributed by atoms with Gasteiger partial charge in [0.25, 0.3) is 0 Å². The predicted molar refractivity (Wildman–Crippen MR) is 76.6 cm³/mol. The summed E-state index contributed by atoms with van der Waals surface area (Å²) in [6, 6.07) is 5.30. The van der Waals surface area contributed by atoms with Gasteiger partial charge in [-0.1, -0.05) is 32.9 Å². The van der Waals surface area contributed by atoms with E-state index in [-0.39, 0.29) is 16.9 Å². The molecule has 1 atom stereocenters. The van der Waals surface area contributed by atoms with Crippen molar-refractivity contribution < 1.29 is 13.5 Å². The summed E-state index contributed by atoms with van der Waals surface area (Å²) < 4.78 is 26.9. The molecule has 1 aromatic carbocycles. The Labute approximate surface area is 115 Å². The van der Waals surface area contributed by atoms with Gasteiger partial charge in [0.2, 0.25) is 10.0 Å². The largest absolute Gasteiger partial charge is 0.391 e. The highest BCUT2D eigenvalue weighted by Gasteiger charge is 2.25. The maximum Gasteiger partial charge on any atom is 0.240 e. The number of rotatable bonds is 4. The van der Waals surface area contributed by atoms with E-state index in [2.05, 4.69) is 4.72 Å². The van der Waals surface area contributed by atoms with E-state index in [9.17, 15) is 13.5 Å². The van der Waals surface area contributed by atoms with E-state index in [4.69, 9.17) is 0 Å². The topological polar surface area (TPSA) is 66.4 Å². The van der Waals surface area contributed by atoms with E-state index in [1.54, 1.807) is 19.1 Å². The third-order valence-electron chi connectivity index (χ3n) is 3.10. The van der Waals surface area contributed by atoms with Gasteiger partial charge in [-0.3, -0.25) is 0 Å². The molecule has 1 rings (SSSR count). The smallest absolute Gasteiger partial charge is 0.240 e. The molecular weight excluding hydrogens is 262 g/mol. The molecule has 0 fully saturated rings. The lowest BCUT2D eigenvalue weighted by Crippen LogP contribution is -2.39. The lowest BCUT2D eigenvalue weighted by molar-refractivity contribution is 0.0677. The number of aryl methyl sites for hydroxylation is 2. The number of sulfonamides is 1. The minimum atomic E-state index is -3.58. The number of nitrogens with one attached hydrogen (secondary N) is 1. The average molecular weight is 285 g/mol. The number of hydrogen-bond donors (Lipinski definition) is 2. The van der Waals surface area contributed by atoms with Gasteiger partial charge < -0.3 is 5.11 Å². The highest BCUT2D eigenvalue weighted by molar-refractivity contribution is 7.89. The first-order chi connectivity index (χ1) is 8.54. The van der Waals surface area contributed by atoms with Crippen LogP contribution in [0.4, 0.5) is 0 Å². The Morgan fingerprint density at radius 2 is 1.84 bits per heavy atom. The molecule has 19 heavy (non-hydrogen) atoms. The zero-order valence-electron chi connectivity index (χ0n) is 12.2. The number of aliphatic hydroxyl groups excluding tert-OH is 1. The molecule has 0 saturated heterocycles. The lowest BCUT2D eigenvalue weighted by atomic mass is 9.89. The molecule has 0 aromatic heterocycles. The molecule has 0 aliphatic heterocycles. The fourth-order valence-corrected chi connectivity index (χ4v) is 2.94. The van der Waals surface area contributed by atoms with E-state index in [0.29, 0.717) is 5.56 Å². The Morgan fingerprint density at radius 1 is 1.26 bits per heavy atom. The summed E-state index contributed by atoms with van der Waals surface area (Å²) in [5.74, 6) is 0. The average Bonchev–Trinajstić information content (AvgIpc) is 2.28. The second kappa shape index (κ2) is 5.61. The van der Waals surface area contributed by atoms with Crippen LogP contribution >= 0.6 is 0 Å². The zero-order valence-corrected chi connectivity index (χ0v) is 13.0. The molecule has 0 heterocycles. The van der Waals surface area contributed by atoms with Gasteiger partial charge in [-0.05, 0) is 36.5 Å². The Bertz CT molecular complexity index is 544. The van der Waals surface area contributed by atoms with Crippen LogP contribution in [0.1, 0.15) is 31.9 Å². The van der Waals surface area contributed by atoms with Crippen molar-refractivity contribution in [3.63, 3.8) is 0 Å². The normalized spacial score (nSPS) is 14.4. The third kappa shape index (κ3) is 4.30.